The van der Waals surface area contributed by atoms with Crippen molar-refractivity contribution in [2.75, 3.05) is 13.7 Å². The molecular formula is C13H25NO4. The maximum Gasteiger partial charge on any atom is 0.328 e. The summed E-state index contributed by atoms with van der Waals surface area (Å²) < 4.78 is 4.79. The van der Waals surface area contributed by atoms with Crippen molar-refractivity contribution in [2.45, 2.75) is 40.2 Å². The van der Waals surface area contributed by atoms with E-state index in [0.717, 1.165) is 6.42 Å². The minimum absolute atomic E-state index is 0.0203. The SMILES string of the molecule is COCC(NC(=O)C(CC(C)C)C(C)C)C(=O)O. The topological polar surface area (TPSA) is 75.6 Å². The van der Waals surface area contributed by atoms with Gasteiger partial charge >= 0.3 is 5.97 Å². The first kappa shape index (κ1) is 16.9. The van der Waals surface area contributed by atoms with Gasteiger partial charge in [0.2, 0.25) is 5.91 Å². The lowest BCUT2D eigenvalue weighted by Gasteiger charge is -2.24. The maximum atomic E-state index is 12.1. The fraction of sp³-hybridized carbons (Fsp3) is 0.846. The van der Waals surface area contributed by atoms with Crippen molar-refractivity contribution in [2.24, 2.45) is 17.8 Å². The van der Waals surface area contributed by atoms with Gasteiger partial charge in [-0.05, 0) is 18.3 Å². The smallest absolute Gasteiger partial charge is 0.328 e. The van der Waals surface area contributed by atoms with Gasteiger partial charge in [-0.25, -0.2) is 4.79 Å². The first-order chi connectivity index (χ1) is 8.29. The first-order valence-corrected chi connectivity index (χ1v) is 6.31. The second-order valence-corrected chi connectivity index (χ2v) is 5.33. The summed E-state index contributed by atoms with van der Waals surface area (Å²) in [6.45, 7) is 8.02. The van der Waals surface area contributed by atoms with Gasteiger partial charge in [-0.2, -0.15) is 0 Å². The normalized spacial score (nSPS) is 14.6. The number of hydrogen-bond acceptors (Lipinski definition) is 3. The summed E-state index contributed by atoms with van der Waals surface area (Å²) in [5.41, 5.74) is 0. The number of ether oxygens (including phenoxy) is 1. The number of carbonyl (C=O) groups is 2. The van der Waals surface area contributed by atoms with Crippen molar-refractivity contribution in [1.29, 1.82) is 0 Å². The lowest BCUT2D eigenvalue weighted by Crippen LogP contribution is -2.47. The zero-order valence-corrected chi connectivity index (χ0v) is 11.9. The third-order valence-electron chi connectivity index (χ3n) is 2.81. The van der Waals surface area contributed by atoms with Crippen LogP contribution in [0.15, 0.2) is 0 Å². The molecule has 1 amide bonds. The van der Waals surface area contributed by atoms with E-state index >= 15 is 0 Å². The van der Waals surface area contributed by atoms with Gasteiger partial charge in [0, 0.05) is 13.0 Å². The lowest BCUT2D eigenvalue weighted by atomic mass is 9.87. The fourth-order valence-electron chi connectivity index (χ4n) is 1.81. The van der Waals surface area contributed by atoms with Gasteiger partial charge in [-0.1, -0.05) is 27.7 Å². The molecule has 0 aliphatic carbocycles. The van der Waals surface area contributed by atoms with Crippen LogP contribution in [0.25, 0.3) is 0 Å². The first-order valence-electron chi connectivity index (χ1n) is 6.31. The highest BCUT2D eigenvalue weighted by atomic mass is 16.5. The van der Waals surface area contributed by atoms with E-state index in [4.69, 9.17) is 9.84 Å². The number of carboxylic acid groups (broad SMARTS) is 1. The molecule has 2 unspecified atom stereocenters. The van der Waals surface area contributed by atoms with Gasteiger partial charge in [-0.15, -0.1) is 0 Å². The summed E-state index contributed by atoms with van der Waals surface area (Å²) in [6, 6.07) is -0.976. The molecule has 106 valence electrons. The van der Waals surface area contributed by atoms with Crippen molar-refractivity contribution in [3.63, 3.8) is 0 Å². The van der Waals surface area contributed by atoms with Crippen LogP contribution in [0.3, 0.4) is 0 Å². The quantitative estimate of drug-likeness (QED) is 0.693. The van der Waals surface area contributed by atoms with E-state index in [9.17, 15) is 9.59 Å². The van der Waals surface area contributed by atoms with Crippen LogP contribution in [0.4, 0.5) is 0 Å². The van der Waals surface area contributed by atoms with Crippen molar-refractivity contribution < 1.29 is 19.4 Å². The van der Waals surface area contributed by atoms with Crippen molar-refractivity contribution in [3.05, 3.63) is 0 Å². The molecule has 0 bridgehead atoms. The highest BCUT2D eigenvalue weighted by molar-refractivity contribution is 5.85. The minimum atomic E-state index is -1.07. The van der Waals surface area contributed by atoms with Crippen LogP contribution in [-0.4, -0.2) is 36.7 Å². The van der Waals surface area contributed by atoms with E-state index < -0.39 is 12.0 Å². The molecule has 0 heterocycles. The summed E-state index contributed by atoms with van der Waals surface area (Å²) in [5, 5.41) is 11.5. The Morgan fingerprint density at radius 1 is 1.22 bits per heavy atom. The van der Waals surface area contributed by atoms with Crippen LogP contribution in [0.5, 0.6) is 0 Å². The Labute approximate surface area is 109 Å². The molecule has 0 aromatic rings. The number of carbonyl (C=O) groups excluding carboxylic acids is 1. The van der Waals surface area contributed by atoms with Crippen molar-refractivity contribution in [1.82, 2.24) is 5.32 Å². The van der Waals surface area contributed by atoms with E-state index in [2.05, 4.69) is 5.32 Å². The molecule has 0 saturated heterocycles. The van der Waals surface area contributed by atoms with Gasteiger partial charge in [0.1, 0.15) is 0 Å². The molecule has 5 nitrogen and oxygen atoms in total. The highest BCUT2D eigenvalue weighted by Crippen LogP contribution is 2.20. The molecule has 0 fully saturated rings. The standard InChI is InChI=1S/C13H25NO4/c1-8(2)6-10(9(3)4)12(15)14-11(7-18-5)13(16)17/h8-11H,6-7H2,1-5H3,(H,14,15)(H,16,17). The molecule has 0 radical (unpaired) electrons. The van der Waals surface area contributed by atoms with Gasteiger partial charge in [0.25, 0.3) is 0 Å². The second kappa shape index (κ2) is 8.08. The molecule has 2 atom stereocenters. The Kier molecular flexibility index (Phi) is 7.59. The molecule has 0 aliphatic rings. The average molecular weight is 259 g/mol. The molecule has 0 aliphatic heterocycles. The third-order valence-corrected chi connectivity index (χ3v) is 2.81. The molecule has 0 saturated carbocycles. The molecule has 2 N–H and O–H groups in total. The van der Waals surface area contributed by atoms with E-state index in [1.54, 1.807) is 0 Å². The number of rotatable bonds is 8. The number of nitrogens with one attached hydrogen (secondary N) is 1. The second-order valence-electron chi connectivity index (χ2n) is 5.33. The highest BCUT2D eigenvalue weighted by Gasteiger charge is 2.27. The third kappa shape index (κ3) is 6.00. The van der Waals surface area contributed by atoms with Gasteiger partial charge < -0.3 is 15.2 Å². The van der Waals surface area contributed by atoms with E-state index in [1.807, 2.05) is 27.7 Å². The number of carboxylic acids is 1. The van der Waals surface area contributed by atoms with Crippen LogP contribution in [-0.2, 0) is 14.3 Å². The number of amides is 1. The Morgan fingerprint density at radius 3 is 2.11 bits per heavy atom. The van der Waals surface area contributed by atoms with E-state index in [0.29, 0.717) is 5.92 Å². The Bertz CT molecular complexity index is 276. The monoisotopic (exact) mass is 259 g/mol. The van der Waals surface area contributed by atoms with E-state index in [1.165, 1.54) is 7.11 Å². The van der Waals surface area contributed by atoms with Crippen LogP contribution in [0.2, 0.25) is 0 Å². The predicted octanol–water partition coefficient (Wildman–Crippen LogP) is 1.52. The molecule has 0 aromatic carbocycles. The Hall–Kier alpha value is -1.10. The Balaban J connectivity index is 4.61. The maximum absolute atomic E-state index is 12.1. The zero-order valence-electron chi connectivity index (χ0n) is 11.9. The predicted molar refractivity (Wildman–Crippen MR) is 69.2 cm³/mol. The van der Waals surface area contributed by atoms with Gasteiger partial charge in [-0.3, -0.25) is 4.79 Å². The number of hydrogen-bond donors (Lipinski definition) is 2. The molecule has 18 heavy (non-hydrogen) atoms. The van der Waals surface area contributed by atoms with Gasteiger partial charge in [0.05, 0.1) is 6.61 Å². The zero-order chi connectivity index (χ0) is 14.3. The van der Waals surface area contributed by atoms with Crippen molar-refractivity contribution >= 4 is 11.9 Å². The van der Waals surface area contributed by atoms with Crippen molar-refractivity contribution in [3.8, 4) is 0 Å². The summed E-state index contributed by atoms with van der Waals surface area (Å²) in [7, 11) is 1.41. The molecule has 5 heteroatoms. The average Bonchev–Trinajstić information content (AvgIpc) is 2.24. The summed E-state index contributed by atoms with van der Waals surface area (Å²) in [4.78, 5) is 23.0. The summed E-state index contributed by atoms with van der Waals surface area (Å²) in [5.74, 6) is -0.859. The molecule has 0 spiro atoms. The van der Waals surface area contributed by atoms with Crippen LogP contribution < -0.4 is 5.32 Å². The van der Waals surface area contributed by atoms with Crippen LogP contribution in [0, 0.1) is 17.8 Å². The minimum Gasteiger partial charge on any atom is -0.480 e. The fourth-order valence-corrected chi connectivity index (χ4v) is 1.81. The number of aliphatic carboxylic acids is 1. The molecular weight excluding hydrogens is 234 g/mol. The number of methoxy groups -OCH3 is 1. The molecule has 0 aromatic heterocycles. The van der Waals surface area contributed by atoms with Gasteiger partial charge in [0.15, 0.2) is 6.04 Å². The lowest BCUT2D eigenvalue weighted by molar-refractivity contribution is -0.144. The van der Waals surface area contributed by atoms with Crippen LogP contribution >= 0.6 is 0 Å². The molecule has 0 rings (SSSR count). The Morgan fingerprint density at radius 2 is 1.78 bits per heavy atom. The van der Waals surface area contributed by atoms with E-state index in [-0.39, 0.29) is 24.3 Å². The van der Waals surface area contributed by atoms with Crippen LogP contribution in [0.1, 0.15) is 34.1 Å². The summed E-state index contributed by atoms with van der Waals surface area (Å²) >= 11 is 0. The summed E-state index contributed by atoms with van der Waals surface area (Å²) in [6.07, 6.45) is 0.753. The largest absolute Gasteiger partial charge is 0.480 e.